The van der Waals surface area contributed by atoms with Crippen LogP contribution in [0.25, 0.3) is 0 Å². The van der Waals surface area contributed by atoms with E-state index in [-0.39, 0.29) is 18.5 Å². The molecule has 3 aromatic carbocycles. The van der Waals surface area contributed by atoms with Gasteiger partial charge in [-0.15, -0.1) is 0 Å². The Morgan fingerprint density at radius 1 is 0.848 bits per heavy atom. The molecule has 0 radical (unpaired) electrons. The minimum absolute atomic E-state index is 0.155. The molecule has 0 spiro atoms. The number of hydrogen-bond donors (Lipinski definition) is 0. The van der Waals surface area contributed by atoms with Gasteiger partial charge in [0.15, 0.2) is 0 Å². The molecule has 1 atom stereocenters. The molecule has 0 amide bonds. The van der Waals surface area contributed by atoms with Crippen molar-refractivity contribution in [1.82, 2.24) is 0 Å². The normalized spacial score (nSPS) is 15.2. The van der Waals surface area contributed by atoms with E-state index in [0.717, 1.165) is 18.0 Å². The van der Waals surface area contributed by atoms with Crippen molar-refractivity contribution < 1.29 is 14.3 Å². The molecular formula is C29H31O3P. The Labute approximate surface area is 197 Å². The highest BCUT2D eigenvalue weighted by Gasteiger charge is 2.24. The summed E-state index contributed by atoms with van der Waals surface area (Å²) in [6.45, 7) is 0.155. The fraction of sp³-hybridized carbons (Fsp3) is 0.310. The molecule has 1 aliphatic carbocycles. The molecule has 0 bridgehead atoms. The first-order chi connectivity index (χ1) is 16.3. The molecule has 0 N–H and O–H groups in total. The van der Waals surface area contributed by atoms with Gasteiger partial charge in [0.2, 0.25) is 0 Å². The number of hydrogen-bond acceptors (Lipinski definition) is 3. The molecule has 0 aliphatic heterocycles. The first kappa shape index (κ1) is 23.4. The van der Waals surface area contributed by atoms with Crippen LogP contribution >= 0.6 is 7.92 Å². The van der Waals surface area contributed by atoms with E-state index in [4.69, 9.17) is 4.74 Å². The number of carbonyl (C=O) groups excluding carboxylic acids is 2. The van der Waals surface area contributed by atoms with Gasteiger partial charge >= 0.3 is 5.97 Å². The van der Waals surface area contributed by atoms with E-state index in [1.165, 1.54) is 42.7 Å². The third kappa shape index (κ3) is 6.18. The molecule has 0 aromatic heterocycles. The second-order valence-electron chi connectivity index (χ2n) is 8.76. The van der Waals surface area contributed by atoms with Crippen molar-refractivity contribution >= 4 is 36.1 Å². The fourth-order valence-corrected chi connectivity index (χ4v) is 7.13. The Morgan fingerprint density at radius 3 is 2.03 bits per heavy atom. The third-order valence-electron chi connectivity index (χ3n) is 6.38. The predicted molar refractivity (Wildman–Crippen MR) is 136 cm³/mol. The average Bonchev–Trinajstić information content (AvgIpc) is 2.89. The number of ether oxygens (including phenoxy) is 1. The molecule has 1 unspecified atom stereocenters. The lowest BCUT2D eigenvalue weighted by atomic mass is 9.83. The summed E-state index contributed by atoms with van der Waals surface area (Å²) in [5.41, 5.74) is 0.582. The maximum absolute atomic E-state index is 13.2. The highest BCUT2D eigenvalue weighted by molar-refractivity contribution is 7.80. The molecule has 4 heteroatoms. The zero-order valence-corrected chi connectivity index (χ0v) is 19.8. The van der Waals surface area contributed by atoms with Gasteiger partial charge in [0, 0.05) is 5.92 Å². The Morgan fingerprint density at radius 2 is 1.42 bits per heavy atom. The molecular weight excluding hydrogens is 427 g/mol. The van der Waals surface area contributed by atoms with Crippen LogP contribution in [0.4, 0.5) is 0 Å². The van der Waals surface area contributed by atoms with Gasteiger partial charge in [-0.25, -0.2) is 4.79 Å². The summed E-state index contributed by atoms with van der Waals surface area (Å²) >= 11 is 0. The predicted octanol–water partition coefficient (Wildman–Crippen LogP) is 5.39. The Kier molecular flexibility index (Phi) is 8.44. The van der Waals surface area contributed by atoms with Crippen molar-refractivity contribution in [3.8, 4) is 0 Å². The van der Waals surface area contributed by atoms with E-state index in [1.54, 1.807) is 0 Å². The molecule has 170 valence electrons. The van der Waals surface area contributed by atoms with Crippen LogP contribution in [0.3, 0.4) is 0 Å². The highest BCUT2D eigenvalue weighted by atomic mass is 31.1. The van der Waals surface area contributed by atoms with Crippen molar-refractivity contribution in [2.75, 3.05) is 6.61 Å². The van der Waals surface area contributed by atoms with Gasteiger partial charge in [-0.3, -0.25) is 0 Å². The second kappa shape index (κ2) is 11.9. The number of esters is 1. The minimum atomic E-state index is -0.913. The standard InChI is InChI=1S/C29H31O3P/c30-21-24(20-23-12-4-1-5-13-23)22-32-29(31)27-18-10-11-19-28(27)33(25-14-6-2-7-15-25)26-16-8-3-9-17-26/h2-3,6-11,14-19,21,23-24H,1,4-5,12-13,20,22H2. The average molecular weight is 459 g/mol. The van der Waals surface area contributed by atoms with Crippen LogP contribution in [-0.4, -0.2) is 18.9 Å². The fourth-order valence-electron chi connectivity index (χ4n) is 4.70. The van der Waals surface area contributed by atoms with Gasteiger partial charge in [-0.2, -0.15) is 0 Å². The van der Waals surface area contributed by atoms with Crippen molar-refractivity contribution in [1.29, 1.82) is 0 Å². The first-order valence-electron chi connectivity index (χ1n) is 11.9. The monoisotopic (exact) mass is 458 g/mol. The van der Waals surface area contributed by atoms with Crippen LogP contribution in [0, 0.1) is 11.8 Å². The van der Waals surface area contributed by atoms with Gasteiger partial charge in [-0.1, -0.05) is 111 Å². The SMILES string of the molecule is O=CC(COC(=O)c1ccccc1P(c1ccccc1)c1ccccc1)CC1CCCCC1. The van der Waals surface area contributed by atoms with Crippen molar-refractivity contribution in [3.63, 3.8) is 0 Å². The third-order valence-corrected chi connectivity index (χ3v) is 8.88. The zero-order chi connectivity index (χ0) is 22.9. The van der Waals surface area contributed by atoms with Crippen LogP contribution in [-0.2, 0) is 9.53 Å². The molecule has 0 saturated heterocycles. The summed E-state index contributed by atoms with van der Waals surface area (Å²) in [5.74, 6) is -0.00152. The minimum Gasteiger partial charge on any atom is -0.461 e. The number of rotatable bonds is 9. The number of benzene rings is 3. The first-order valence-corrected chi connectivity index (χ1v) is 13.2. The van der Waals surface area contributed by atoms with E-state index < -0.39 is 7.92 Å². The van der Waals surface area contributed by atoms with E-state index in [0.29, 0.717) is 11.5 Å². The highest BCUT2D eigenvalue weighted by Crippen LogP contribution is 2.34. The lowest BCUT2D eigenvalue weighted by Crippen LogP contribution is -2.27. The molecule has 1 fully saturated rings. The lowest BCUT2D eigenvalue weighted by Gasteiger charge is -2.24. The maximum Gasteiger partial charge on any atom is 0.338 e. The van der Waals surface area contributed by atoms with Gasteiger partial charge < -0.3 is 9.53 Å². The van der Waals surface area contributed by atoms with Crippen LogP contribution in [0.1, 0.15) is 48.9 Å². The van der Waals surface area contributed by atoms with E-state index >= 15 is 0 Å². The smallest absolute Gasteiger partial charge is 0.338 e. The molecule has 33 heavy (non-hydrogen) atoms. The molecule has 3 aromatic rings. The van der Waals surface area contributed by atoms with Crippen LogP contribution < -0.4 is 15.9 Å². The van der Waals surface area contributed by atoms with Gasteiger partial charge in [0.1, 0.15) is 12.9 Å². The molecule has 3 nitrogen and oxygen atoms in total. The maximum atomic E-state index is 13.2. The van der Waals surface area contributed by atoms with E-state index in [1.807, 2.05) is 60.7 Å². The second-order valence-corrected chi connectivity index (χ2v) is 10.9. The Bertz CT molecular complexity index is 990. The zero-order valence-electron chi connectivity index (χ0n) is 18.9. The number of aldehydes is 1. The summed E-state index contributed by atoms with van der Waals surface area (Å²) in [6, 6.07) is 28.4. The molecule has 4 rings (SSSR count). The van der Waals surface area contributed by atoms with Gasteiger partial charge in [0.05, 0.1) is 5.56 Å². The van der Waals surface area contributed by atoms with Crippen molar-refractivity contribution in [2.45, 2.75) is 38.5 Å². The molecule has 0 heterocycles. The van der Waals surface area contributed by atoms with Gasteiger partial charge in [-0.05, 0) is 42.2 Å². The van der Waals surface area contributed by atoms with E-state index in [9.17, 15) is 9.59 Å². The van der Waals surface area contributed by atoms with Crippen molar-refractivity contribution in [3.05, 3.63) is 90.5 Å². The lowest BCUT2D eigenvalue weighted by molar-refractivity contribution is -0.112. The quantitative estimate of drug-likeness (QED) is 0.245. The van der Waals surface area contributed by atoms with Gasteiger partial charge in [0.25, 0.3) is 0 Å². The summed E-state index contributed by atoms with van der Waals surface area (Å²) in [5, 5.41) is 3.34. The van der Waals surface area contributed by atoms with Crippen LogP contribution in [0.15, 0.2) is 84.9 Å². The summed E-state index contributed by atoms with van der Waals surface area (Å²) in [6.07, 6.45) is 7.92. The van der Waals surface area contributed by atoms with Crippen molar-refractivity contribution in [2.24, 2.45) is 11.8 Å². The molecule has 1 saturated carbocycles. The van der Waals surface area contributed by atoms with Crippen LogP contribution in [0.2, 0.25) is 0 Å². The Hall–Kier alpha value is -2.77. The number of carbonyl (C=O) groups is 2. The topological polar surface area (TPSA) is 43.4 Å². The van der Waals surface area contributed by atoms with E-state index in [2.05, 4.69) is 24.3 Å². The largest absolute Gasteiger partial charge is 0.461 e. The van der Waals surface area contributed by atoms with Crippen LogP contribution in [0.5, 0.6) is 0 Å². The Balaban J connectivity index is 1.55. The molecule has 1 aliphatic rings. The summed E-state index contributed by atoms with van der Waals surface area (Å²) in [7, 11) is -0.913. The summed E-state index contributed by atoms with van der Waals surface area (Å²) < 4.78 is 5.73. The summed E-state index contributed by atoms with van der Waals surface area (Å²) in [4.78, 5) is 24.9.